The van der Waals surface area contributed by atoms with E-state index in [4.69, 9.17) is 4.74 Å². The molecule has 2 N–H and O–H groups in total. The first-order valence-electron chi connectivity index (χ1n) is 6.88. The van der Waals surface area contributed by atoms with E-state index in [1.54, 1.807) is 19.1 Å². The van der Waals surface area contributed by atoms with Crippen LogP contribution in [0.5, 0.6) is 5.75 Å². The number of carbonyl (C=O) groups is 2. The van der Waals surface area contributed by atoms with E-state index in [2.05, 4.69) is 5.32 Å². The molecule has 1 unspecified atom stereocenters. The van der Waals surface area contributed by atoms with Crippen molar-refractivity contribution in [3.05, 3.63) is 27.3 Å². The molecule has 5 nitrogen and oxygen atoms in total. The minimum absolute atomic E-state index is 0.0593. The van der Waals surface area contributed by atoms with Crippen LogP contribution in [0.3, 0.4) is 0 Å². The minimum Gasteiger partial charge on any atom is -0.480 e. The number of aromatic carboxylic acids is 1. The van der Waals surface area contributed by atoms with E-state index in [1.165, 1.54) is 6.07 Å². The van der Waals surface area contributed by atoms with E-state index in [1.807, 2.05) is 36.4 Å². The lowest BCUT2D eigenvalue weighted by Gasteiger charge is -2.20. The summed E-state index contributed by atoms with van der Waals surface area (Å²) in [5, 5.41) is 12.1. The summed E-state index contributed by atoms with van der Waals surface area (Å²) in [6, 6.07) is 4.95. The second-order valence-electron chi connectivity index (χ2n) is 4.73. The van der Waals surface area contributed by atoms with Gasteiger partial charge in [0, 0.05) is 9.61 Å². The molecule has 0 fully saturated rings. The number of ether oxygens (including phenoxy) is 1. The fourth-order valence-electron chi connectivity index (χ4n) is 1.83. The normalized spacial score (nSPS) is 12.0. The Morgan fingerprint density at radius 2 is 1.95 bits per heavy atom. The average molecular weight is 405 g/mol. The van der Waals surface area contributed by atoms with Crippen LogP contribution in [0.1, 0.15) is 44.0 Å². The molecule has 0 aliphatic rings. The fraction of sp³-hybridized carbons (Fsp3) is 0.467. The van der Waals surface area contributed by atoms with Crippen LogP contribution < -0.4 is 10.1 Å². The highest BCUT2D eigenvalue weighted by molar-refractivity contribution is 14.1. The smallest absolute Gasteiger partial charge is 0.339 e. The standard InChI is InChI=1S/C15H20INO4/c1-4-11(5-2)17-14(18)9(3)21-13-7-6-10(16)8-12(13)15(19)20/h6-9,11H,4-5H2,1-3H3,(H,17,18)(H,19,20). The Kier molecular flexibility index (Phi) is 6.94. The first-order valence-corrected chi connectivity index (χ1v) is 7.96. The number of nitrogens with one attached hydrogen (secondary N) is 1. The van der Waals surface area contributed by atoms with Gasteiger partial charge in [0.05, 0.1) is 0 Å². The third-order valence-corrected chi connectivity index (χ3v) is 3.85. The van der Waals surface area contributed by atoms with Crippen molar-refractivity contribution in [2.45, 2.75) is 45.8 Å². The van der Waals surface area contributed by atoms with Crippen molar-refractivity contribution in [2.24, 2.45) is 0 Å². The summed E-state index contributed by atoms with van der Waals surface area (Å²) in [4.78, 5) is 23.3. The summed E-state index contributed by atoms with van der Waals surface area (Å²) < 4.78 is 6.31. The van der Waals surface area contributed by atoms with Crippen molar-refractivity contribution in [1.29, 1.82) is 0 Å². The van der Waals surface area contributed by atoms with Crippen LogP contribution >= 0.6 is 22.6 Å². The molecule has 0 heterocycles. The molecule has 0 saturated heterocycles. The molecule has 1 amide bonds. The van der Waals surface area contributed by atoms with Gasteiger partial charge in [0.2, 0.25) is 0 Å². The van der Waals surface area contributed by atoms with E-state index >= 15 is 0 Å². The van der Waals surface area contributed by atoms with Crippen molar-refractivity contribution in [3.63, 3.8) is 0 Å². The second-order valence-corrected chi connectivity index (χ2v) is 5.97. The molecule has 1 atom stereocenters. The van der Waals surface area contributed by atoms with Gasteiger partial charge < -0.3 is 15.2 Å². The number of halogens is 1. The molecular formula is C15H20INO4. The molecule has 116 valence electrons. The first kappa shape index (κ1) is 17.7. The van der Waals surface area contributed by atoms with Crippen molar-refractivity contribution < 1.29 is 19.4 Å². The maximum Gasteiger partial charge on any atom is 0.339 e. The predicted octanol–water partition coefficient (Wildman–Crippen LogP) is 3.06. The van der Waals surface area contributed by atoms with Crippen molar-refractivity contribution in [3.8, 4) is 5.75 Å². The largest absolute Gasteiger partial charge is 0.480 e. The molecule has 1 aromatic carbocycles. The van der Waals surface area contributed by atoms with Gasteiger partial charge in [-0.2, -0.15) is 0 Å². The lowest BCUT2D eigenvalue weighted by molar-refractivity contribution is -0.128. The summed E-state index contributed by atoms with van der Waals surface area (Å²) >= 11 is 2.03. The van der Waals surface area contributed by atoms with Crippen LogP contribution in [-0.2, 0) is 4.79 Å². The van der Waals surface area contributed by atoms with E-state index in [0.29, 0.717) is 0 Å². The quantitative estimate of drug-likeness (QED) is 0.684. The van der Waals surface area contributed by atoms with E-state index < -0.39 is 12.1 Å². The van der Waals surface area contributed by atoms with E-state index in [-0.39, 0.29) is 23.3 Å². The number of hydrogen-bond acceptors (Lipinski definition) is 3. The summed E-state index contributed by atoms with van der Waals surface area (Å²) in [6.45, 7) is 5.62. The molecule has 6 heteroatoms. The number of carboxylic acid groups (broad SMARTS) is 1. The predicted molar refractivity (Wildman–Crippen MR) is 88.7 cm³/mol. The number of carbonyl (C=O) groups excluding carboxylic acids is 1. The van der Waals surface area contributed by atoms with Crippen LogP contribution in [0.15, 0.2) is 18.2 Å². The summed E-state index contributed by atoms with van der Waals surface area (Å²) in [5.74, 6) is -1.11. The number of rotatable bonds is 7. The highest BCUT2D eigenvalue weighted by atomic mass is 127. The number of benzene rings is 1. The monoisotopic (exact) mass is 405 g/mol. The molecule has 0 bridgehead atoms. The van der Waals surface area contributed by atoms with Crippen LogP contribution in [0.25, 0.3) is 0 Å². The topological polar surface area (TPSA) is 75.6 Å². The number of hydrogen-bond donors (Lipinski definition) is 2. The lowest BCUT2D eigenvalue weighted by Crippen LogP contribution is -2.42. The Balaban J connectivity index is 2.81. The van der Waals surface area contributed by atoms with Crippen molar-refractivity contribution >= 4 is 34.5 Å². The maximum atomic E-state index is 12.0. The first-order chi connectivity index (χ1) is 9.88. The molecule has 1 rings (SSSR count). The molecule has 0 saturated carbocycles. The van der Waals surface area contributed by atoms with Crippen molar-refractivity contribution in [1.82, 2.24) is 5.32 Å². The Labute approximate surface area is 138 Å². The zero-order valence-electron chi connectivity index (χ0n) is 12.4. The Morgan fingerprint density at radius 1 is 1.33 bits per heavy atom. The summed E-state index contributed by atoms with van der Waals surface area (Å²) in [5.41, 5.74) is 0.0593. The molecular weight excluding hydrogens is 385 g/mol. The third kappa shape index (κ3) is 5.18. The molecule has 21 heavy (non-hydrogen) atoms. The highest BCUT2D eigenvalue weighted by Crippen LogP contribution is 2.22. The fourth-order valence-corrected chi connectivity index (χ4v) is 2.32. The van der Waals surface area contributed by atoms with Gasteiger partial charge in [-0.25, -0.2) is 4.79 Å². The van der Waals surface area contributed by atoms with Crippen LogP contribution in [0.4, 0.5) is 0 Å². The molecule has 0 aromatic heterocycles. The molecule has 1 aromatic rings. The van der Waals surface area contributed by atoms with Gasteiger partial charge in [0.25, 0.3) is 5.91 Å². The van der Waals surface area contributed by atoms with Gasteiger partial charge in [0.15, 0.2) is 6.10 Å². The maximum absolute atomic E-state index is 12.0. The number of amides is 1. The average Bonchev–Trinajstić information content (AvgIpc) is 2.45. The minimum atomic E-state index is -1.07. The highest BCUT2D eigenvalue weighted by Gasteiger charge is 2.20. The third-order valence-electron chi connectivity index (χ3n) is 3.18. The zero-order chi connectivity index (χ0) is 16.0. The molecule has 0 radical (unpaired) electrons. The van der Waals surface area contributed by atoms with Gasteiger partial charge >= 0.3 is 5.97 Å². The van der Waals surface area contributed by atoms with Crippen LogP contribution in [-0.4, -0.2) is 29.1 Å². The van der Waals surface area contributed by atoms with Crippen LogP contribution in [0.2, 0.25) is 0 Å². The molecule has 0 spiro atoms. The molecule has 0 aliphatic heterocycles. The SMILES string of the molecule is CCC(CC)NC(=O)C(C)Oc1ccc(I)cc1C(=O)O. The van der Waals surface area contributed by atoms with Gasteiger partial charge in [-0.3, -0.25) is 4.79 Å². The second kappa shape index (κ2) is 8.21. The summed E-state index contributed by atoms with van der Waals surface area (Å²) in [7, 11) is 0. The lowest BCUT2D eigenvalue weighted by atomic mass is 10.1. The van der Waals surface area contributed by atoms with Crippen molar-refractivity contribution in [2.75, 3.05) is 0 Å². The number of carboxylic acids is 1. The van der Waals surface area contributed by atoms with Gasteiger partial charge in [-0.1, -0.05) is 13.8 Å². The Bertz CT molecular complexity index is 514. The van der Waals surface area contributed by atoms with E-state index in [9.17, 15) is 14.7 Å². The van der Waals surface area contributed by atoms with E-state index in [0.717, 1.165) is 16.4 Å². The Morgan fingerprint density at radius 3 is 2.48 bits per heavy atom. The Hall–Kier alpha value is -1.31. The zero-order valence-corrected chi connectivity index (χ0v) is 14.5. The van der Waals surface area contributed by atoms with Gasteiger partial charge in [-0.15, -0.1) is 0 Å². The molecule has 0 aliphatic carbocycles. The summed E-state index contributed by atoms with van der Waals surface area (Å²) in [6.07, 6.45) is 0.946. The van der Waals surface area contributed by atoms with Gasteiger partial charge in [0.1, 0.15) is 11.3 Å². The van der Waals surface area contributed by atoms with Crippen LogP contribution in [0, 0.1) is 3.57 Å². The van der Waals surface area contributed by atoms with Gasteiger partial charge in [-0.05, 0) is 60.6 Å².